The maximum Gasteiger partial charge on any atom is 0.338 e. The zero-order chi connectivity index (χ0) is 19.3. The number of carbonyl (C=O) groups is 2. The predicted molar refractivity (Wildman–Crippen MR) is 97.3 cm³/mol. The number of hydrogen-bond acceptors (Lipinski definition) is 6. The molecule has 0 aliphatic rings. The van der Waals surface area contributed by atoms with E-state index in [4.69, 9.17) is 24.1 Å². The van der Waals surface area contributed by atoms with Gasteiger partial charge >= 0.3 is 11.9 Å². The molecule has 0 bridgehead atoms. The molecular formula is C20H22O7. The fourth-order valence-corrected chi connectivity index (χ4v) is 2.09. The maximum absolute atomic E-state index is 11.7. The molecule has 144 valence electrons. The van der Waals surface area contributed by atoms with Crippen molar-refractivity contribution >= 4 is 11.9 Å². The van der Waals surface area contributed by atoms with Crippen molar-refractivity contribution in [3.05, 3.63) is 65.7 Å². The number of carboxylic acids is 1. The average Bonchev–Trinajstić information content (AvgIpc) is 2.70. The first-order chi connectivity index (χ1) is 13.2. The lowest BCUT2D eigenvalue weighted by Crippen LogP contribution is -2.14. The highest BCUT2D eigenvalue weighted by Crippen LogP contribution is 2.11. The van der Waals surface area contributed by atoms with Gasteiger partial charge in [0.25, 0.3) is 0 Å². The molecule has 0 fully saturated rings. The Balaban J connectivity index is 1.43. The van der Waals surface area contributed by atoms with Crippen molar-refractivity contribution in [3.8, 4) is 5.75 Å². The maximum atomic E-state index is 11.7. The van der Waals surface area contributed by atoms with Crippen LogP contribution in [0.5, 0.6) is 5.75 Å². The molecule has 0 heterocycles. The van der Waals surface area contributed by atoms with E-state index in [1.807, 2.05) is 6.07 Å². The fraction of sp³-hybridized carbons (Fsp3) is 0.300. The van der Waals surface area contributed by atoms with Crippen LogP contribution in [0.3, 0.4) is 0 Å². The molecule has 0 aromatic heterocycles. The van der Waals surface area contributed by atoms with Crippen molar-refractivity contribution in [1.82, 2.24) is 0 Å². The lowest BCUT2D eigenvalue weighted by Gasteiger charge is -2.08. The van der Waals surface area contributed by atoms with Gasteiger partial charge in [-0.25, -0.2) is 9.59 Å². The normalized spacial score (nSPS) is 10.4. The quantitative estimate of drug-likeness (QED) is 0.451. The van der Waals surface area contributed by atoms with E-state index >= 15 is 0 Å². The van der Waals surface area contributed by atoms with Gasteiger partial charge in [0.15, 0.2) is 0 Å². The van der Waals surface area contributed by atoms with Gasteiger partial charge in [-0.3, -0.25) is 0 Å². The summed E-state index contributed by atoms with van der Waals surface area (Å²) in [6, 6.07) is 14.9. The lowest BCUT2D eigenvalue weighted by molar-refractivity contribution is 0.0106. The van der Waals surface area contributed by atoms with Crippen molar-refractivity contribution in [2.24, 2.45) is 0 Å². The number of carboxylic acid groups (broad SMARTS) is 1. The summed E-state index contributed by atoms with van der Waals surface area (Å²) in [7, 11) is 0. The second kappa shape index (κ2) is 11.7. The molecule has 0 aliphatic carbocycles. The van der Waals surface area contributed by atoms with E-state index < -0.39 is 5.97 Å². The summed E-state index contributed by atoms with van der Waals surface area (Å²) >= 11 is 0. The van der Waals surface area contributed by atoms with Crippen molar-refractivity contribution in [2.75, 3.05) is 39.6 Å². The third-order valence-electron chi connectivity index (χ3n) is 3.44. The number of esters is 1. The summed E-state index contributed by atoms with van der Waals surface area (Å²) in [6.07, 6.45) is 0. The minimum atomic E-state index is -0.972. The summed E-state index contributed by atoms with van der Waals surface area (Å²) in [5.74, 6) is -0.760. The second-order valence-electron chi connectivity index (χ2n) is 5.40. The predicted octanol–water partition coefficient (Wildman–Crippen LogP) is 2.65. The van der Waals surface area contributed by atoms with Crippen LogP contribution in [0.2, 0.25) is 0 Å². The van der Waals surface area contributed by atoms with Gasteiger partial charge in [0, 0.05) is 0 Å². The third-order valence-corrected chi connectivity index (χ3v) is 3.44. The highest BCUT2D eigenvalue weighted by Gasteiger charge is 2.05. The molecule has 1 N–H and O–H groups in total. The third kappa shape index (κ3) is 7.89. The molecule has 2 aromatic rings. The summed E-state index contributed by atoms with van der Waals surface area (Å²) in [6.45, 7) is 2.00. The van der Waals surface area contributed by atoms with Crippen LogP contribution in [0.25, 0.3) is 0 Å². The van der Waals surface area contributed by atoms with Gasteiger partial charge in [-0.1, -0.05) is 18.2 Å². The zero-order valence-corrected chi connectivity index (χ0v) is 14.8. The molecule has 0 atom stereocenters. The molecule has 0 unspecified atom stereocenters. The van der Waals surface area contributed by atoms with Crippen LogP contribution in [-0.4, -0.2) is 56.7 Å². The number of aromatic carboxylic acids is 1. The molecule has 7 nitrogen and oxygen atoms in total. The Kier molecular flexibility index (Phi) is 8.82. The molecule has 0 spiro atoms. The van der Waals surface area contributed by atoms with E-state index in [9.17, 15) is 9.59 Å². The zero-order valence-electron chi connectivity index (χ0n) is 14.8. The van der Waals surface area contributed by atoms with Gasteiger partial charge in [0.1, 0.15) is 19.0 Å². The van der Waals surface area contributed by atoms with Crippen molar-refractivity contribution < 1.29 is 33.6 Å². The van der Waals surface area contributed by atoms with Gasteiger partial charge in [0.2, 0.25) is 0 Å². The van der Waals surface area contributed by atoms with Crippen LogP contribution in [0.4, 0.5) is 0 Å². The van der Waals surface area contributed by atoms with E-state index in [0.29, 0.717) is 44.3 Å². The second-order valence-corrected chi connectivity index (χ2v) is 5.40. The highest BCUT2D eigenvalue weighted by molar-refractivity contribution is 5.89. The molecule has 0 saturated carbocycles. The van der Waals surface area contributed by atoms with E-state index in [1.54, 1.807) is 36.4 Å². The van der Waals surface area contributed by atoms with Crippen molar-refractivity contribution in [1.29, 1.82) is 0 Å². The van der Waals surface area contributed by atoms with Gasteiger partial charge in [-0.05, 0) is 36.4 Å². The Bertz CT molecular complexity index is 698. The van der Waals surface area contributed by atoms with Crippen molar-refractivity contribution in [3.63, 3.8) is 0 Å². The topological polar surface area (TPSA) is 91.3 Å². The first-order valence-corrected chi connectivity index (χ1v) is 8.50. The molecule has 0 aliphatic heterocycles. The fourth-order valence-electron chi connectivity index (χ4n) is 2.09. The van der Waals surface area contributed by atoms with E-state index in [2.05, 4.69) is 0 Å². The molecule has 2 aromatic carbocycles. The smallest absolute Gasteiger partial charge is 0.338 e. The minimum absolute atomic E-state index is 0.184. The van der Waals surface area contributed by atoms with Crippen LogP contribution in [-0.2, 0) is 14.2 Å². The lowest BCUT2D eigenvalue weighted by atomic mass is 10.2. The Hall–Kier alpha value is -2.90. The molecule has 0 radical (unpaired) electrons. The number of rotatable bonds is 12. The largest absolute Gasteiger partial charge is 0.491 e. The van der Waals surface area contributed by atoms with Crippen LogP contribution in [0, 0.1) is 0 Å². The monoisotopic (exact) mass is 374 g/mol. The Morgan fingerprint density at radius 2 is 1.30 bits per heavy atom. The molecule has 2 rings (SSSR count). The number of hydrogen-bond donors (Lipinski definition) is 1. The van der Waals surface area contributed by atoms with E-state index in [-0.39, 0.29) is 18.1 Å². The van der Waals surface area contributed by atoms with Gasteiger partial charge < -0.3 is 24.1 Å². The molecule has 27 heavy (non-hydrogen) atoms. The average molecular weight is 374 g/mol. The SMILES string of the molecule is O=C(O)c1ccc(OCCOCCOCCOC(=O)c2ccccc2)cc1. The number of ether oxygens (including phenoxy) is 4. The Morgan fingerprint density at radius 3 is 1.93 bits per heavy atom. The molecular weight excluding hydrogens is 352 g/mol. The summed E-state index contributed by atoms with van der Waals surface area (Å²) in [5.41, 5.74) is 0.726. The minimum Gasteiger partial charge on any atom is -0.491 e. The van der Waals surface area contributed by atoms with E-state index in [0.717, 1.165) is 0 Å². The first-order valence-electron chi connectivity index (χ1n) is 8.50. The summed E-state index contributed by atoms with van der Waals surface area (Å²) in [4.78, 5) is 22.4. The van der Waals surface area contributed by atoms with E-state index in [1.165, 1.54) is 12.1 Å². The van der Waals surface area contributed by atoms with Crippen molar-refractivity contribution in [2.45, 2.75) is 0 Å². The molecule has 0 amide bonds. The first kappa shape index (κ1) is 20.4. The summed E-state index contributed by atoms with van der Waals surface area (Å²) in [5, 5.41) is 8.81. The Labute approximate surface area is 157 Å². The summed E-state index contributed by atoms with van der Waals surface area (Å²) < 4.78 is 21.2. The number of benzene rings is 2. The Morgan fingerprint density at radius 1 is 0.704 bits per heavy atom. The van der Waals surface area contributed by atoms with Gasteiger partial charge in [-0.15, -0.1) is 0 Å². The number of carbonyl (C=O) groups excluding carboxylic acids is 1. The van der Waals surface area contributed by atoms with Crippen LogP contribution in [0.1, 0.15) is 20.7 Å². The standard InChI is InChI=1S/C20H22O7/c21-19(22)16-6-8-18(9-7-16)26-14-12-24-10-11-25-13-15-27-20(23)17-4-2-1-3-5-17/h1-9H,10-15H2,(H,21,22). The van der Waals surface area contributed by atoms with Gasteiger partial charge in [-0.2, -0.15) is 0 Å². The van der Waals surface area contributed by atoms with Crippen LogP contribution >= 0.6 is 0 Å². The van der Waals surface area contributed by atoms with Crippen LogP contribution in [0.15, 0.2) is 54.6 Å². The van der Waals surface area contributed by atoms with Gasteiger partial charge in [0.05, 0.1) is 37.6 Å². The molecule has 0 saturated heterocycles. The van der Waals surface area contributed by atoms with Crippen LogP contribution < -0.4 is 4.74 Å². The molecule has 7 heteroatoms. The highest BCUT2D eigenvalue weighted by atomic mass is 16.6.